The Balaban J connectivity index is 3.02. The maximum Gasteiger partial charge on any atom is 0.228 e. The van der Waals surface area contributed by atoms with E-state index in [0.717, 1.165) is 0 Å². The lowest BCUT2D eigenvalue weighted by atomic mass is 10.4. The molecule has 0 aromatic carbocycles. The molecule has 0 unspecified atom stereocenters. The van der Waals surface area contributed by atoms with Crippen molar-refractivity contribution in [2.75, 3.05) is 7.11 Å². The Kier molecular flexibility index (Phi) is 1.36. The first kappa shape index (κ1) is 5.63. The van der Waals surface area contributed by atoms with E-state index in [1.54, 1.807) is 0 Å². The van der Waals surface area contributed by atoms with Crippen LogP contribution in [0, 0.1) is 17.5 Å². The summed E-state index contributed by atoms with van der Waals surface area (Å²) in [4.78, 5) is 0. The lowest BCUT2D eigenvalue weighted by molar-refractivity contribution is 0.396. The number of aromatic amines is 1. The number of aromatic nitrogens is 2. The molecule has 0 atom stereocenters. The van der Waals surface area contributed by atoms with Crippen molar-refractivity contribution in [3.63, 3.8) is 0 Å². The highest BCUT2D eigenvalue weighted by Crippen LogP contribution is 2.08. The van der Waals surface area contributed by atoms with Gasteiger partial charge in [-0.05, 0) is 0 Å². The molecule has 0 spiro atoms. The number of nitrogens with zero attached hydrogens (tertiary/aromatic N) is 2. The second-order valence-electron chi connectivity index (χ2n) is 1.36. The molecule has 9 heavy (non-hydrogen) atoms. The van der Waals surface area contributed by atoms with Crippen LogP contribution in [-0.2, 0) is 0 Å². The quantitative estimate of drug-likeness (QED) is 0.574. The molecule has 1 aromatic heterocycles. The van der Waals surface area contributed by atoms with Crippen LogP contribution >= 0.6 is 0 Å². The molecule has 4 nitrogen and oxygen atoms in total. The van der Waals surface area contributed by atoms with Crippen molar-refractivity contribution in [3.05, 3.63) is 11.8 Å². The Morgan fingerprint density at radius 3 is 3.11 bits per heavy atom. The number of H-pyrrole nitrogens is 1. The molecule has 1 rings (SSSR count). The van der Waals surface area contributed by atoms with Gasteiger partial charge in [0.2, 0.25) is 5.88 Å². The summed E-state index contributed by atoms with van der Waals surface area (Å²) in [5, 5.41) is 14.2. The van der Waals surface area contributed by atoms with Crippen LogP contribution in [0.1, 0.15) is 5.56 Å². The van der Waals surface area contributed by atoms with Crippen LogP contribution in [0.15, 0.2) is 0 Å². The van der Waals surface area contributed by atoms with Gasteiger partial charge in [0.1, 0.15) is 17.8 Å². The van der Waals surface area contributed by atoms with Gasteiger partial charge in [-0.25, -0.2) is 5.10 Å². The average molecular weight is 122 g/mol. The highest BCUT2D eigenvalue weighted by molar-refractivity contribution is 5.33. The predicted octanol–water partition coefficient (Wildman–Crippen LogP) is 0.0902. The molecule has 0 fully saturated rings. The van der Waals surface area contributed by atoms with Crippen molar-refractivity contribution in [1.82, 2.24) is 10.2 Å². The van der Waals surface area contributed by atoms with Crippen LogP contribution in [0.3, 0.4) is 0 Å². The van der Waals surface area contributed by atoms with Crippen molar-refractivity contribution < 1.29 is 4.74 Å². The fourth-order valence-electron chi connectivity index (χ4n) is 0.465. The van der Waals surface area contributed by atoms with E-state index in [2.05, 4.69) is 16.4 Å². The lowest BCUT2D eigenvalue weighted by Crippen LogP contribution is -1.84. The molecule has 0 aliphatic heterocycles. The van der Waals surface area contributed by atoms with E-state index in [1.165, 1.54) is 7.11 Å². The summed E-state index contributed by atoms with van der Waals surface area (Å²) in [6.45, 7) is 0. The van der Waals surface area contributed by atoms with E-state index in [-0.39, 0.29) is 0 Å². The molecule has 0 amide bonds. The number of nitrogens with one attached hydrogen (secondary N) is 1. The highest BCUT2D eigenvalue weighted by Gasteiger charge is 2.01. The summed E-state index contributed by atoms with van der Waals surface area (Å²) < 4.78 is 4.70. The number of ether oxygens (including phenoxy) is 1. The Morgan fingerprint density at radius 1 is 1.89 bits per heavy atom. The van der Waals surface area contributed by atoms with Crippen LogP contribution in [0.4, 0.5) is 0 Å². The van der Waals surface area contributed by atoms with Crippen molar-refractivity contribution in [2.24, 2.45) is 0 Å². The van der Waals surface area contributed by atoms with Crippen LogP contribution in [0.2, 0.25) is 0 Å². The number of nitriles is 1. The molecule has 0 aliphatic rings. The summed E-state index contributed by atoms with van der Waals surface area (Å²) in [6, 6.07) is 1.85. The zero-order chi connectivity index (χ0) is 6.69. The number of hydrogen-bond acceptors (Lipinski definition) is 3. The lowest BCUT2D eigenvalue weighted by Gasteiger charge is -1.89. The van der Waals surface area contributed by atoms with E-state index in [0.29, 0.717) is 11.4 Å². The summed E-state index contributed by atoms with van der Waals surface area (Å²) in [7, 11) is 1.46. The van der Waals surface area contributed by atoms with Crippen molar-refractivity contribution >= 4 is 0 Å². The monoisotopic (exact) mass is 122 g/mol. The van der Waals surface area contributed by atoms with Crippen LogP contribution in [-0.4, -0.2) is 17.3 Å². The number of rotatable bonds is 1. The van der Waals surface area contributed by atoms with Gasteiger partial charge >= 0.3 is 0 Å². The first-order chi connectivity index (χ1) is 4.38. The van der Waals surface area contributed by atoms with Gasteiger partial charge in [-0.1, -0.05) is 0 Å². The third-order valence-electron chi connectivity index (χ3n) is 0.868. The standard InChI is InChI=1S/C5H4N3O/c1-9-5-4(2-6)3-7-8-5/h1H3,(H,7,8). The maximum absolute atomic E-state index is 8.32. The van der Waals surface area contributed by atoms with Crippen molar-refractivity contribution in [1.29, 1.82) is 5.26 Å². The zero-order valence-electron chi connectivity index (χ0n) is 4.80. The minimum absolute atomic E-state index is 0.303. The topological polar surface area (TPSA) is 61.7 Å². The molecule has 0 aliphatic carbocycles. The summed E-state index contributed by atoms with van der Waals surface area (Å²) in [6.07, 6.45) is 2.41. The molecular formula is C5H4N3O. The average Bonchev–Trinajstić information content (AvgIpc) is 2.33. The Hall–Kier alpha value is -1.50. The molecule has 4 heteroatoms. The fourth-order valence-corrected chi connectivity index (χ4v) is 0.465. The SMILES string of the molecule is COc1[nH]n[c]c1C#N. The maximum atomic E-state index is 8.32. The Labute approximate surface area is 52.1 Å². The van der Waals surface area contributed by atoms with Gasteiger partial charge in [0.05, 0.1) is 7.11 Å². The van der Waals surface area contributed by atoms with E-state index in [4.69, 9.17) is 10.00 Å². The first-order valence-corrected chi connectivity index (χ1v) is 2.28. The van der Waals surface area contributed by atoms with Gasteiger partial charge in [0.25, 0.3) is 0 Å². The molecule has 0 saturated carbocycles. The summed E-state index contributed by atoms with van der Waals surface area (Å²) in [5.41, 5.74) is 0.303. The first-order valence-electron chi connectivity index (χ1n) is 2.28. The predicted molar refractivity (Wildman–Crippen MR) is 28.7 cm³/mol. The van der Waals surface area contributed by atoms with Crippen LogP contribution in [0.5, 0.6) is 5.88 Å². The van der Waals surface area contributed by atoms with E-state index in [9.17, 15) is 0 Å². The van der Waals surface area contributed by atoms with Gasteiger partial charge in [0.15, 0.2) is 0 Å². The molecule has 0 saturated heterocycles. The molecule has 1 heterocycles. The highest BCUT2D eigenvalue weighted by atomic mass is 16.5. The number of hydrogen-bond donors (Lipinski definition) is 1. The smallest absolute Gasteiger partial charge is 0.228 e. The van der Waals surface area contributed by atoms with Crippen LogP contribution < -0.4 is 4.74 Å². The molecular weight excluding hydrogens is 118 g/mol. The van der Waals surface area contributed by atoms with Gasteiger partial charge in [-0.3, -0.25) is 0 Å². The third-order valence-corrected chi connectivity index (χ3v) is 0.868. The van der Waals surface area contributed by atoms with Gasteiger partial charge < -0.3 is 4.74 Å². The molecule has 1 radical (unpaired) electrons. The molecule has 45 valence electrons. The molecule has 0 bridgehead atoms. The third kappa shape index (κ3) is 0.842. The number of methoxy groups -OCH3 is 1. The Morgan fingerprint density at radius 2 is 2.67 bits per heavy atom. The second-order valence-corrected chi connectivity index (χ2v) is 1.36. The van der Waals surface area contributed by atoms with Gasteiger partial charge in [-0.15, -0.1) is 0 Å². The fraction of sp³-hybridized carbons (Fsp3) is 0.200. The largest absolute Gasteiger partial charge is 0.480 e. The van der Waals surface area contributed by atoms with E-state index >= 15 is 0 Å². The van der Waals surface area contributed by atoms with E-state index in [1.807, 2.05) is 6.07 Å². The molecule has 1 N–H and O–H groups in total. The van der Waals surface area contributed by atoms with Crippen LogP contribution in [0.25, 0.3) is 0 Å². The molecule has 1 aromatic rings. The summed E-state index contributed by atoms with van der Waals surface area (Å²) >= 11 is 0. The minimum Gasteiger partial charge on any atom is -0.480 e. The zero-order valence-corrected chi connectivity index (χ0v) is 4.80. The summed E-state index contributed by atoms with van der Waals surface area (Å²) in [5.74, 6) is 0.359. The van der Waals surface area contributed by atoms with Gasteiger partial charge in [0, 0.05) is 0 Å². The minimum atomic E-state index is 0.303. The second kappa shape index (κ2) is 2.18. The van der Waals surface area contributed by atoms with Crippen molar-refractivity contribution in [3.8, 4) is 11.9 Å². The van der Waals surface area contributed by atoms with Crippen molar-refractivity contribution in [2.45, 2.75) is 0 Å². The Bertz CT molecular complexity index is 235. The normalized spacial score (nSPS) is 8.44. The van der Waals surface area contributed by atoms with Gasteiger partial charge in [-0.2, -0.15) is 10.4 Å². The van der Waals surface area contributed by atoms with E-state index < -0.39 is 0 Å².